The highest BCUT2D eigenvalue weighted by molar-refractivity contribution is 6.03. The van der Waals surface area contributed by atoms with Crippen molar-refractivity contribution >= 4 is 27.5 Å². The number of pyridine rings is 1. The largest absolute Gasteiger partial charge is 0.508 e. The number of phenols is 1. The second-order valence-corrected chi connectivity index (χ2v) is 14.0. The lowest BCUT2D eigenvalue weighted by atomic mass is 9.95. The predicted octanol–water partition coefficient (Wildman–Crippen LogP) is 5.58. The molecule has 2 unspecified atom stereocenters. The summed E-state index contributed by atoms with van der Waals surface area (Å²) in [4.78, 5) is 21.1. The molecule has 4 saturated heterocycles. The van der Waals surface area contributed by atoms with Crippen molar-refractivity contribution in [3.63, 3.8) is 0 Å². The van der Waals surface area contributed by atoms with Gasteiger partial charge in [0.2, 0.25) is 0 Å². The molecule has 242 valence electrons. The Labute approximate surface area is 270 Å². The molecule has 11 heteroatoms. The van der Waals surface area contributed by atoms with Crippen molar-refractivity contribution in [2.75, 3.05) is 37.7 Å². The summed E-state index contributed by atoms with van der Waals surface area (Å²) in [6.45, 7) is 2.93. The molecule has 0 amide bonds. The molecular formula is C36H35F3N6O2. The number of nitrogens with zero attached hydrogens (tertiary/aromatic N) is 6. The molecule has 1 saturated carbocycles. The third-order valence-corrected chi connectivity index (χ3v) is 11.1. The van der Waals surface area contributed by atoms with Crippen LogP contribution in [0.15, 0.2) is 30.5 Å². The lowest BCUT2D eigenvalue weighted by Gasteiger charge is -2.42. The van der Waals surface area contributed by atoms with Crippen molar-refractivity contribution < 1.29 is 23.0 Å². The molecule has 4 atom stereocenters. The lowest BCUT2D eigenvalue weighted by Crippen LogP contribution is -2.54. The highest BCUT2D eigenvalue weighted by Crippen LogP contribution is 2.44. The molecule has 5 fully saturated rings. The van der Waals surface area contributed by atoms with E-state index in [0.29, 0.717) is 47.7 Å². The number of hydrogen-bond donors (Lipinski definition) is 1. The molecule has 4 aromatic rings. The van der Waals surface area contributed by atoms with E-state index in [0.717, 1.165) is 45.3 Å². The predicted molar refractivity (Wildman–Crippen MR) is 172 cm³/mol. The average Bonchev–Trinajstić information content (AvgIpc) is 3.68. The van der Waals surface area contributed by atoms with Crippen LogP contribution in [0, 0.1) is 24.0 Å². The fourth-order valence-electron chi connectivity index (χ4n) is 8.99. The van der Waals surface area contributed by atoms with E-state index in [9.17, 15) is 13.9 Å². The minimum absolute atomic E-state index is 0.0118. The zero-order valence-corrected chi connectivity index (χ0v) is 25.9. The van der Waals surface area contributed by atoms with Crippen molar-refractivity contribution in [1.82, 2.24) is 24.8 Å². The molecule has 0 spiro atoms. The van der Waals surface area contributed by atoms with E-state index < -0.39 is 23.3 Å². The first-order valence-corrected chi connectivity index (χ1v) is 16.6. The summed E-state index contributed by atoms with van der Waals surface area (Å²) in [5, 5.41) is 11.7. The van der Waals surface area contributed by atoms with Gasteiger partial charge < -0.3 is 14.7 Å². The van der Waals surface area contributed by atoms with Gasteiger partial charge in [0.15, 0.2) is 5.82 Å². The van der Waals surface area contributed by atoms with Gasteiger partial charge in [-0.1, -0.05) is 12.0 Å². The second kappa shape index (κ2) is 10.7. The van der Waals surface area contributed by atoms with E-state index >= 15 is 4.39 Å². The van der Waals surface area contributed by atoms with Crippen LogP contribution < -0.4 is 9.64 Å². The number of hydrogen-bond acceptors (Lipinski definition) is 8. The highest BCUT2D eigenvalue weighted by atomic mass is 19.1. The Morgan fingerprint density at radius 3 is 2.60 bits per heavy atom. The number of terminal acetylenes is 1. The summed E-state index contributed by atoms with van der Waals surface area (Å²) < 4.78 is 52.6. The van der Waals surface area contributed by atoms with Crippen molar-refractivity contribution in [1.29, 1.82) is 0 Å². The molecule has 1 N–H and O–H groups in total. The topological polar surface area (TPSA) is 77.9 Å². The molecule has 6 heterocycles. The van der Waals surface area contributed by atoms with Crippen molar-refractivity contribution in [3.8, 4) is 35.4 Å². The standard InChI is InChI=1S/C36H35F3N6O2/c1-2-26-29(38)9-4-20-12-25(46)13-27(30(20)26)32-31(39)33-28(15-40-32)34(43-17-23-7-8-24(18-43)45(23)22-5-6-22)42-35(41-33)47-19-36-10-3-11-44(36)16-21(37)14-36/h1,4,9,12-13,15,21-24,46H,3,5-8,10-11,14,16-19H2/t21-,23?,24?,36+/m1/s1. The Hall–Kier alpha value is -4.14. The molecule has 2 aromatic heterocycles. The van der Waals surface area contributed by atoms with Crippen LogP contribution in [-0.4, -0.2) is 92.5 Å². The van der Waals surface area contributed by atoms with Gasteiger partial charge in [-0.05, 0) is 68.7 Å². The number of ether oxygens (including phenoxy) is 1. The maximum absolute atomic E-state index is 16.9. The minimum atomic E-state index is -0.911. The van der Waals surface area contributed by atoms with E-state index in [-0.39, 0.29) is 46.1 Å². The quantitative estimate of drug-likeness (QED) is 0.274. The van der Waals surface area contributed by atoms with E-state index in [1.165, 1.54) is 37.1 Å². The summed E-state index contributed by atoms with van der Waals surface area (Å²) in [5.74, 6) is 1.43. The molecule has 2 aromatic carbocycles. The van der Waals surface area contributed by atoms with Gasteiger partial charge in [-0.2, -0.15) is 9.97 Å². The van der Waals surface area contributed by atoms with Gasteiger partial charge in [-0.25, -0.2) is 13.2 Å². The van der Waals surface area contributed by atoms with Crippen molar-refractivity contribution in [2.24, 2.45) is 0 Å². The van der Waals surface area contributed by atoms with Crippen molar-refractivity contribution in [3.05, 3.63) is 47.7 Å². The van der Waals surface area contributed by atoms with Crippen LogP contribution in [0.4, 0.5) is 19.0 Å². The van der Waals surface area contributed by atoms with Crippen LogP contribution in [0.5, 0.6) is 11.8 Å². The summed E-state index contributed by atoms with van der Waals surface area (Å²) in [5.41, 5.74) is -0.418. The third-order valence-electron chi connectivity index (χ3n) is 11.1. The lowest BCUT2D eigenvalue weighted by molar-refractivity contribution is 0.107. The van der Waals surface area contributed by atoms with Crippen LogP contribution >= 0.6 is 0 Å². The van der Waals surface area contributed by atoms with Gasteiger partial charge in [0.1, 0.15) is 41.4 Å². The SMILES string of the molecule is C#Cc1c(F)ccc2cc(O)cc(-c3ncc4c(N5CC6CCC(C5)N6C5CC5)nc(OC[C@@]56CCCN5C[C@H](F)C6)nc4c3F)c12. The van der Waals surface area contributed by atoms with Gasteiger partial charge in [0.05, 0.1) is 16.5 Å². The molecular weight excluding hydrogens is 605 g/mol. The molecule has 9 rings (SSSR count). The van der Waals surface area contributed by atoms with Crippen molar-refractivity contribution in [2.45, 2.75) is 74.8 Å². The molecule has 5 aliphatic rings. The fourth-order valence-corrected chi connectivity index (χ4v) is 8.99. The van der Waals surface area contributed by atoms with Crippen LogP contribution in [-0.2, 0) is 0 Å². The van der Waals surface area contributed by atoms with Gasteiger partial charge in [0.25, 0.3) is 0 Å². The Kier molecular flexibility index (Phi) is 6.60. The summed E-state index contributed by atoms with van der Waals surface area (Å²) in [7, 11) is 0. The van der Waals surface area contributed by atoms with Crippen LogP contribution in [0.1, 0.15) is 50.5 Å². The number of halogens is 3. The summed E-state index contributed by atoms with van der Waals surface area (Å²) in [6.07, 6.45) is 13.2. The van der Waals surface area contributed by atoms with Crippen LogP contribution in [0.3, 0.4) is 0 Å². The maximum Gasteiger partial charge on any atom is 0.319 e. The average molecular weight is 641 g/mol. The molecule has 8 nitrogen and oxygen atoms in total. The fraction of sp³-hybridized carbons (Fsp3) is 0.472. The minimum Gasteiger partial charge on any atom is -0.508 e. The monoisotopic (exact) mass is 640 g/mol. The molecule has 4 aliphatic heterocycles. The first kappa shape index (κ1) is 29.0. The van der Waals surface area contributed by atoms with Gasteiger partial charge in [-0.15, -0.1) is 6.42 Å². The van der Waals surface area contributed by atoms with Gasteiger partial charge in [-0.3, -0.25) is 14.8 Å². The van der Waals surface area contributed by atoms with E-state index in [1.807, 2.05) is 0 Å². The number of aromatic hydroxyl groups is 1. The Morgan fingerprint density at radius 1 is 1.04 bits per heavy atom. The molecule has 2 bridgehead atoms. The Morgan fingerprint density at radius 2 is 1.83 bits per heavy atom. The number of anilines is 1. The normalized spacial score (nSPS) is 27.5. The first-order valence-electron chi connectivity index (χ1n) is 16.6. The van der Waals surface area contributed by atoms with Crippen LogP contribution in [0.25, 0.3) is 32.9 Å². The molecule has 0 radical (unpaired) electrons. The number of phenolic OH excluding ortho intramolecular Hbond substituents is 1. The number of rotatable bonds is 6. The van der Waals surface area contributed by atoms with Gasteiger partial charge >= 0.3 is 6.01 Å². The molecule has 47 heavy (non-hydrogen) atoms. The number of benzene rings is 2. The number of fused-ring (bicyclic) bond motifs is 5. The smallest absolute Gasteiger partial charge is 0.319 e. The van der Waals surface area contributed by atoms with E-state index in [4.69, 9.17) is 16.1 Å². The second-order valence-electron chi connectivity index (χ2n) is 14.0. The van der Waals surface area contributed by atoms with Gasteiger partial charge in [0, 0.05) is 61.3 Å². The van der Waals surface area contributed by atoms with E-state index in [2.05, 4.69) is 30.6 Å². The maximum atomic E-state index is 16.9. The molecule has 1 aliphatic carbocycles. The first-order chi connectivity index (χ1) is 22.8. The Balaban J connectivity index is 1.17. The zero-order chi connectivity index (χ0) is 32.0. The highest BCUT2D eigenvalue weighted by Gasteiger charge is 2.50. The third kappa shape index (κ3) is 4.63. The summed E-state index contributed by atoms with van der Waals surface area (Å²) in [6, 6.07) is 7.00. The zero-order valence-electron chi connectivity index (χ0n) is 25.9. The summed E-state index contributed by atoms with van der Waals surface area (Å²) >= 11 is 0. The number of piperazine rings is 1. The number of alkyl halides is 1. The number of aromatic nitrogens is 3. The Bertz CT molecular complexity index is 1970. The van der Waals surface area contributed by atoms with E-state index in [1.54, 1.807) is 6.20 Å². The van der Waals surface area contributed by atoms with Crippen LogP contribution in [0.2, 0.25) is 0 Å².